The molecule has 6 heteroatoms. The normalized spacial score (nSPS) is 19.7. The van der Waals surface area contributed by atoms with Crippen molar-refractivity contribution in [1.82, 2.24) is 15.5 Å². The molecule has 0 aromatic heterocycles. The second kappa shape index (κ2) is 9.83. The predicted molar refractivity (Wildman–Crippen MR) is 110 cm³/mol. The summed E-state index contributed by atoms with van der Waals surface area (Å²) in [7, 11) is 1.81. The van der Waals surface area contributed by atoms with Crippen LogP contribution in [0.2, 0.25) is 0 Å². The van der Waals surface area contributed by atoms with Crippen molar-refractivity contribution >= 4 is 5.96 Å². The zero-order valence-electron chi connectivity index (χ0n) is 17.0. The van der Waals surface area contributed by atoms with Crippen LogP contribution in [-0.4, -0.2) is 56.8 Å². The maximum Gasteiger partial charge on any atom is 0.191 e. The van der Waals surface area contributed by atoms with Crippen molar-refractivity contribution in [1.29, 1.82) is 0 Å². The summed E-state index contributed by atoms with van der Waals surface area (Å²) in [5, 5.41) is 6.82. The average molecular weight is 375 g/mol. The van der Waals surface area contributed by atoms with E-state index in [1.807, 2.05) is 14.0 Å². The Morgan fingerprint density at radius 1 is 1.30 bits per heavy atom. The fourth-order valence-electron chi connectivity index (χ4n) is 3.82. The number of fused-ring (bicyclic) bond motifs is 1. The zero-order valence-corrected chi connectivity index (χ0v) is 17.0. The minimum Gasteiger partial charge on any atom is -0.494 e. The second-order valence-electron chi connectivity index (χ2n) is 7.39. The first-order valence-corrected chi connectivity index (χ1v) is 10.3. The molecular weight excluding hydrogens is 340 g/mol. The molecule has 0 spiro atoms. The molecule has 0 amide bonds. The molecule has 1 unspecified atom stereocenters. The van der Waals surface area contributed by atoms with Gasteiger partial charge in [-0.3, -0.25) is 4.99 Å². The van der Waals surface area contributed by atoms with Gasteiger partial charge in [-0.1, -0.05) is 0 Å². The van der Waals surface area contributed by atoms with Gasteiger partial charge in [-0.25, -0.2) is 0 Å². The summed E-state index contributed by atoms with van der Waals surface area (Å²) in [4.78, 5) is 6.88. The number of nitrogens with one attached hydrogen (secondary N) is 2. The second-order valence-corrected chi connectivity index (χ2v) is 7.39. The van der Waals surface area contributed by atoms with Crippen LogP contribution < -0.4 is 20.1 Å². The molecule has 150 valence electrons. The van der Waals surface area contributed by atoms with Crippen molar-refractivity contribution in [3.05, 3.63) is 23.3 Å². The standard InChI is InChI=1S/C21H34N4O2/c1-4-26-19-13-17-12-16(2)27-20(17)14-18(19)15-24-21(22-3)23-8-7-11-25-9-5-6-10-25/h13-14,16H,4-12,15H2,1-3H3,(H2,22,23,24). The van der Waals surface area contributed by atoms with Crippen LogP contribution in [0.3, 0.4) is 0 Å². The van der Waals surface area contributed by atoms with E-state index in [4.69, 9.17) is 9.47 Å². The monoisotopic (exact) mass is 374 g/mol. The van der Waals surface area contributed by atoms with E-state index >= 15 is 0 Å². The highest BCUT2D eigenvalue weighted by Crippen LogP contribution is 2.35. The maximum absolute atomic E-state index is 5.91. The number of nitrogens with zero attached hydrogens (tertiary/aromatic N) is 2. The first kappa shape index (κ1) is 19.8. The lowest BCUT2D eigenvalue weighted by Crippen LogP contribution is -2.38. The number of rotatable bonds is 8. The van der Waals surface area contributed by atoms with Gasteiger partial charge in [0.05, 0.1) is 6.61 Å². The van der Waals surface area contributed by atoms with Crippen molar-refractivity contribution in [2.75, 3.05) is 39.8 Å². The number of aliphatic imine (C=N–C) groups is 1. The summed E-state index contributed by atoms with van der Waals surface area (Å²) in [6.07, 6.45) is 5.02. The van der Waals surface area contributed by atoms with Gasteiger partial charge in [-0.15, -0.1) is 0 Å². The first-order valence-electron chi connectivity index (χ1n) is 10.3. The molecular formula is C21H34N4O2. The number of ether oxygens (including phenoxy) is 2. The van der Waals surface area contributed by atoms with E-state index in [9.17, 15) is 0 Å². The molecule has 1 atom stereocenters. The molecule has 1 aromatic carbocycles. The number of benzene rings is 1. The molecule has 1 saturated heterocycles. The van der Waals surface area contributed by atoms with Gasteiger partial charge in [-0.05, 0) is 64.9 Å². The Morgan fingerprint density at radius 3 is 2.85 bits per heavy atom. The van der Waals surface area contributed by atoms with Crippen LogP contribution in [0.1, 0.15) is 44.2 Å². The van der Waals surface area contributed by atoms with E-state index in [1.54, 1.807) is 0 Å². The minimum atomic E-state index is 0.239. The van der Waals surface area contributed by atoms with Crippen LogP contribution in [0.15, 0.2) is 17.1 Å². The summed E-state index contributed by atoms with van der Waals surface area (Å²) in [5.74, 6) is 2.75. The fourth-order valence-corrected chi connectivity index (χ4v) is 3.82. The van der Waals surface area contributed by atoms with Gasteiger partial charge < -0.3 is 25.0 Å². The number of guanidine groups is 1. The Bertz CT molecular complexity index is 641. The molecule has 3 rings (SSSR count). The topological polar surface area (TPSA) is 58.1 Å². The molecule has 1 aromatic rings. The lowest BCUT2D eigenvalue weighted by atomic mass is 10.1. The Kier molecular flexibility index (Phi) is 7.21. The van der Waals surface area contributed by atoms with Gasteiger partial charge in [0, 0.05) is 37.7 Å². The van der Waals surface area contributed by atoms with Crippen molar-refractivity contribution in [3.63, 3.8) is 0 Å². The summed E-state index contributed by atoms with van der Waals surface area (Å²) in [6, 6.07) is 4.24. The quantitative estimate of drug-likeness (QED) is 0.416. The van der Waals surface area contributed by atoms with Crippen LogP contribution >= 0.6 is 0 Å². The Balaban J connectivity index is 1.50. The largest absolute Gasteiger partial charge is 0.494 e. The van der Waals surface area contributed by atoms with E-state index in [2.05, 4.69) is 39.6 Å². The molecule has 0 aliphatic carbocycles. The molecule has 6 nitrogen and oxygen atoms in total. The Morgan fingerprint density at radius 2 is 2.11 bits per heavy atom. The maximum atomic E-state index is 5.91. The van der Waals surface area contributed by atoms with Crippen molar-refractivity contribution in [2.24, 2.45) is 4.99 Å². The van der Waals surface area contributed by atoms with Gasteiger partial charge in [-0.2, -0.15) is 0 Å². The summed E-state index contributed by atoms with van der Waals surface area (Å²) >= 11 is 0. The van der Waals surface area contributed by atoms with Gasteiger partial charge in [0.15, 0.2) is 5.96 Å². The molecule has 2 aliphatic heterocycles. The predicted octanol–water partition coefficient (Wildman–Crippen LogP) is 2.56. The molecule has 0 radical (unpaired) electrons. The summed E-state index contributed by atoms with van der Waals surface area (Å²) < 4.78 is 11.8. The lowest BCUT2D eigenvalue weighted by molar-refractivity contribution is 0.254. The fraction of sp³-hybridized carbons (Fsp3) is 0.667. The van der Waals surface area contributed by atoms with Crippen molar-refractivity contribution in [2.45, 2.75) is 52.2 Å². The van der Waals surface area contributed by atoms with E-state index in [1.165, 1.54) is 38.0 Å². The first-order chi connectivity index (χ1) is 13.2. The van der Waals surface area contributed by atoms with E-state index < -0.39 is 0 Å². The third-order valence-corrected chi connectivity index (χ3v) is 5.19. The van der Waals surface area contributed by atoms with Crippen molar-refractivity contribution < 1.29 is 9.47 Å². The van der Waals surface area contributed by atoms with E-state index in [0.29, 0.717) is 13.2 Å². The summed E-state index contributed by atoms with van der Waals surface area (Å²) in [6.45, 7) is 10.0. The van der Waals surface area contributed by atoms with Gasteiger partial charge in [0.25, 0.3) is 0 Å². The molecule has 2 aliphatic rings. The van der Waals surface area contributed by atoms with Crippen LogP contribution in [0.5, 0.6) is 11.5 Å². The highest BCUT2D eigenvalue weighted by molar-refractivity contribution is 5.79. The van der Waals surface area contributed by atoms with Crippen LogP contribution in [-0.2, 0) is 13.0 Å². The minimum absolute atomic E-state index is 0.239. The molecule has 1 fully saturated rings. The third kappa shape index (κ3) is 5.51. The average Bonchev–Trinajstić information content (AvgIpc) is 3.29. The number of hydrogen-bond donors (Lipinski definition) is 2. The van der Waals surface area contributed by atoms with Gasteiger partial charge in [0.1, 0.15) is 17.6 Å². The van der Waals surface area contributed by atoms with E-state index in [-0.39, 0.29) is 6.10 Å². The lowest BCUT2D eigenvalue weighted by Gasteiger charge is -2.17. The third-order valence-electron chi connectivity index (χ3n) is 5.19. The zero-order chi connectivity index (χ0) is 19.1. The smallest absolute Gasteiger partial charge is 0.191 e. The SMILES string of the molecule is CCOc1cc2c(cc1CNC(=NC)NCCCN1CCCC1)OC(C)C2. The molecule has 2 N–H and O–H groups in total. The molecule has 0 saturated carbocycles. The molecule has 2 heterocycles. The van der Waals surface area contributed by atoms with Crippen LogP contribution in [0.4, 0.5) is 0 Å². The van der Waals surface area contributed by atoms with Crippen molar-refractivity contribution in [3.8, 4) is 11.5 Å². The highest BCUT2D eigenvalue weighted by atomic mass is 16.5. The Labute approximate surface area is 163 Å². The summed E-state index contributed by atoms with van der Waals surface area (Å²) in [5.41, 5.74) is 2.34. The van der Waals surface area contributed by atoms with E-state index in [0.717, 1.165) is 42.4 Å². The highest BCUT2D eigenvalue weighted by Gasteiger charge is 2.22. The van der Waals surface area contributed by atoms with Gasteiger partial charge in [0.2, 0.25) is 0 Å². The van der Waals surface area contributed by atoms with Crippen LogP contribution in [0, 0.1) is 0 Å². The molecule has 0 bridgehead atoms. The number of likely N-dealkylation sites (tertiary alicyclic amines) is 1. The Hall–Kier alpha value is -1.95. The van der Waals surface area contributed by atoms with Gasteiger partial charge >= 0.3 is 0 Å². The number of hydrogen-bond acceptors (Lipinski definition) is 4. The molecule has 27 heavy (non-hydrogen) atoms. The van der Waals surface area contributed by atoms with Crippen LogP contribution in [0.25, 0.3) is 0 Å².